The second kappa shape index (κ2) is 18.7. The minimum Gasteiger partial charge on any atom is -0.456 e. The molecule has 1 fully saturated rings. The van der Waals surface area contributed by atoms with Crippen molar-refractivity contribution in [2.24, 2.45) is 5.73 Å². The second-order valence-corrected chi connectivity index (χ2v) is 15.6. The topological polar surface area (TPSA) is 39.2 Å². The van der Waals surface area contributed by atoms with Crippen LogP contribution in [-0.4, -0.2) is 6.54 Å². The molecule has 0 saturated heterocycles. The van der Waals surface area contributed by atoms with E-state index in [-0.39, 0.29) is 0 Å². The van der Waals surface area contributed by atoms with Crippen molar-refractivity contribution < 1.29 is 4.42 Å². The molecular formula is C55H59NO. The summed E-state index contributed by atoms with van der Waals surface area (Å²) in [6.45, 7) is 11.6. The van der Waals surface area contributed by atoms with Crippen molar-refractivity contribution in [3.05, 3.63) is 179 Å². The number of hydrogen-bond donors (Lipinski definition) is 1. The average molecular weight is 750 g/mol. The van der Waals surface area contributed by atoms with Crippen molar-refractivity contribution >= 4 is 27.5 Å². The van der Waals surface area contributed by atoms with Gasteiger partial charge in [-0.1, -0.05) is 168 Å². The largest absolute Gasteiger partial charge is 0.456 e. The standard InChI is InChI=1S/C42H36O.C11H17N.C2H6/c1-27(31-21-22-33(25-31)29-11-4-3-5-12-29)32-23-24-36(39(26-32)30-13-8-14-30)34-16-9-17-35(28(34)2)37-18-10-20-41-42(37)38-15-6-7-19-40(38)43-41;1-2-6-11(9-12)10-7-4-3-5-8-10;1-2/h3-7,9-12,15-20,23-24,26-27,30H,8,13-14,21-22H2,1-2H3;3-5,7-8,11H,2,6,9,12H2,1H3;1-2H3. The molecule has 2 aliphatic carbocycles. The van der Waals surface area contributed by atoms with E-state index in [2.05, 4.69) is 154 Å². The fraction of sp³-hybridized carbons (Fsp3) is 0.291. The van der Waals surface area contributed by atoms with Crippen LogP contribution in [-0.2, 0) is 0 Å². The normalized spacial score (nSPS) is 14.8. The Kier molecular flexibility index (Phi) is 13.1. The highest BCUT2D eigenvalue weighted by molar-refractivity contribution is 6.12. The summed E-state index contributed by atoms with van der Waals surface area (Å²) in [6, 6.07) is 50.3. The maximum absolute atomic E-state index is 6.24. The van der Waals surface area contributed by atoms with Gasteiger partial charge in [0, 0.05) is 22.3 Å². The summed E-state index contributed by atoms with van der Waals surface area (Å²) in [5, 5.41) is 2.38. The number of fused-ring (bicyclic) bond motifs is 3. The molecule has 1 saturated carbocycles. The molecule has 7 aromatic rings. The Morgan fingerprint density at radius 2 is 1.33 bits per heavy atom. The molecule has 290 valence electrons. The first kappa shape index (κ1) is 39.8. The van der Waals surface area contributed by atoms with Crippen molar-refractivity contribution in [3.8, 4) is 22.3 Å². The van der Waals surface area contributed by atoms with Crippen LogP contribution in [0.15, 0.2) is 155 Å². The van der Waals surface area contributed by atoms with Crippen molar-refractivity contribution in [1.82, 2.24) is 0 Å². The summed E-state index contributed by atoms with van der Waals surface area (Å²) >= 11 is 0. The molecule has 0 spiro atoms. The maximum atomic E-state index is 6.24. The third-order valence-electron chi connectivity index (χ3n) is 12.2. The first-order chi connectivity index (χ1) is 28.0. The van der Waals surface area contributed by atoms with E-state index in [1.165, 1.54) is 104 Å². The molecule has 6 aromatic carbocycles. The Balaban J connectivity index is 0.000000304. The van der Waals surface area contributed by atoms with E-state index < -0.39 is 0 Å². The predicted octanol–water partition coefficient (Wildman–Crippen LogP) is 15.6. The molecule has 0 aliphatic heterocycles. The van der Waals surface area contributed by atoms with Gasteiger partial charge in [-0.15, -0.1) is 5.73 Å². The third-order valence-corrected chi connectivity index (χ3v) is 12.2. The van der Waals surface area contributed by atoms with Gasteiger partial charge in [0.05, 0.1) is 0 Å². The van der Waals surface area contributed by atoms with Crippen LogP contribution in [0.2, 0.25) is 0 Å². The first-order valence-electron chi connectivity index (χ1n) is 21.5. The molecule has 0 bridgehead atoms. The zero-order valence-electron chi connectivity index (χ0n) is 34.7. The summed E-state index contributed by atoms with van der Waals surface area (Å²) in [4.78, 5) is 0. The molecule has 2 aliphatic rings. The molecule has 1 aromatic heterocycles. The Hall–Kier alpha value is -5.40. The first-order valence-corrected chi connectivity index (χ1v) is 21.5. The molecule has 2 atom stereocenters. The number of benzene rings is 6. The van der Waals surface area contributed by atoms with Crippen molar-refractivity contribution in [3.63, 3.8) is 0 Å². The highest BCUT2D eigenvalue weighted by Crippen LogP contribution is 2.46. The fourth-order valence-corrected chi connectivity index (χ4v) is 8.83. The van der Waals surface area contributed by atoms with Gasteiger partial charge in [0.2, 0.25) is 0 Å². The molecule has 2 heteroatoms. The summed E-state index contributed by atoms with van der Waals surface area (Å²) in [6.07, 6.45) is 8.47. The van der Waals surface area contributed by atoms with Gasteiger partial charge in [-0.25, -0.2) is 0 Å². The van der Waals surface area contributed by atoms with Gasteiger partial charge >= 0.3 is 0 Å². The van der Waals surface area contributed by atoms with Crippen LogP contribution in [0.5, 0.6) is 0 Å². The van der Waals surface area contributed by atoms with Gasteiger partial charge in [0.15, 0.2) is 0 Å². The zero-order chi connectivity index (χ0) is 39.7. The van der Waals surface area contributed by atoms with Crippen LogP contribution in [0.3, 0.4) is 0 Å². The molecule has 2 N–H and O–H groups in total. The summed E-state index contributed by atoms with van der Waals surface area (Å²) in [5.74, 6) is 1.56. The van der Waals surface area contributed by atoms with Crippen molar-refractivity contribution in [2.45, 2.75) is 97.3 Å². The van der Waals surface area contributed by atoms with Crippen molar-refractivity contribution in [2.75, 3.05) is 6.54 Å². The molecular weight excluding hydrogens is 691 g/mol. The van der Waals surface area contributed by atoms with Crippen LogP contribution >= 0.6 is 0 Å². The minimum atomic E-state index is 0.369. The minimum absolute atomic E-state index is 0.369. The smallest absolute Gasteiger partial charge is 0.136 e. The highest BCUT2D eigenvalue weighted by Gasteiger charge is 2.26. The summed E-state index contributed by atoms with van der Waals surface area (Å²) < 4.78 is 6.24. The van der Waals surface area contributed by atoms with Crippen LogP contribution in [0.1, 0.15) is 118 Å². The number of furan rings is 1. The number of hydrogen-bond acceptors (Lipinski definition) is 2. The lowest BCUT2D eigenvalue weighted by atomic mass is 9.75. The number of allylic oxidation sites excluding steroid dienone is 1. The Morgan fingerprint density at radius 3 is 2.04 bits per heavy atom. The second-order valence-electron chi connectivity index (χ2n) is 15.6. The van der Waals surface area contributed by atoms with Crippen LogP contribution in [0.4, 0.5) is 0 Å². The molecule has 9 rings (SSSR count). The Labute approximate surface area is 341 Å². The van der Waals surface area contributed by atoms with E-state index >= 15 is 0 Å². The SMILES string of the molecule is CC.CCCC(CN)c1ccccc1.Cc1c(-c2ccc(C(C)C3=C=C(c4ccccc4)CC3)cc2C2CCC2)cccc1-c1cccc2oc3ccccc3c12. The van der Waals surface area contributed by atoms with E-state index in [0.29, 0.717) is 17.8 Å². The van der Waals surface area contributed by atoms with Gasteiger partial charge in [0.25, 0.3) is 0 Å². The van der Waals surface area contributed by atoms with Gasteiger partial charge in [-0.2, -0.15) is 0 Å². The number of nitrogens with two attached hydrogens (primary N) is 1. The predicted molar refractivity (Wildman–Crippen MR) is 245 cm³/mol. The summed E-state index contributed by atoms with van der Waals surface area (Å²) in [7, 11) is 0. The van der Waals surface area contributed by atoms with E-state index in [9.17, 15) is 0 Å². The number of para-hydroxylation sites is 1. The lowest BCUT2D eigenvalue weighted by Crippen LogP contribution is -2.11. The monoisotopic (exact) mass is 749 g/mol. The Morgan fingerprint density at radius 1 is 0.684 bits per heavy atom. The van der Waals surface area contributed by atoms with Gasteiger partial charge in [0.1, 0.15) is 11.2 Å². The molecule has 57 heavy (non-hydrogen) atoms. The van der Waals surface area contributed by atoms with Crippen LogP contribution in [0, 0.1) is 6.92 Å². The molecule has 1 heterocycles. The average Bonchev–Trinajstić information content (AvgIpc) is 3.90. The van der Waals surface area contributed by atoms with E-state index in [1.54, 1.807) is 0 Å². The maximum Gasteiger partial charge on any atom is 0.136 e. The van der Waals surface area contributed by atoms with Gasteiger partial charge < -0.3 is 10.2 Å². The lowest BCUT2D eigenvalue weighted by molar-refractivity contribution is 0.420. The quantitative estimate of drug-likeness (QED) is 0.141. The third kappa shape index (κ3) is 8.50. The van der Waals surface area contributed by atoms with Gasteiger partial charge in [-0.05, 0) is 125 Å². The molecule has 2 nitrogen and oxygen atoms in total. The fourth-order valence-electron chi connectivity index (χ4n) is 8.83. The van der Waals surface area contributed by atoms with E-state index in [1.807, 2.05) is 26.0 Å². The molecule has 2 unspecified atom stereocenters. The molecule has 0 amide bonds. The van der Waals surface area contributed by atoms with E-state index in [0.717, 1.165) is 30.6 Å². The lowest BCUT2D eigenvalue weighted by Gasteiger charge is -2.30. The highest BCUT2D eigenvalue weighted by atomic mass is 16.3. The summed E-state index contributed by atoms with van der Waals surface area (Å²) in [5.41, 5.74) is 26.4. The Bertz CT molecular complexity index is 2480. The zero-order valence-corrected chi connectivity index (χ0v) is 34.7. The molecule has 0 radical (unpaired) electrons. The van der Waals surface area contributed by atoms with Crippen LogP contribution in [0.25, 0.3) is 49.8 Å². The van der Waals surface area contributed by atoms with E-state index in [4.69, 9.17) is 10.2 Å². The number of rotatable bonds is 10. The van der Waals surface area contributed by atoms with Gasteiger partial charge in [-0.3, -0.25) is 0 Å². The van der Waals surface area contributed by atoms with Crippen LogP contribution < -0.4 is 5.73 Å². The van der Waals surface area contributed by atoms with Crippen molar-refractivity contribution in [1.29, 1.82) is 0 Å².